The van der Waals surface area contributed by atoms with Crippen molar-refractivity contribution in [3.8, 4) is 5.75 Å². The van der Waals surface area contributed by atoms with E-state index in [1.165, 1.54) is 6.33 Å². The molecule has 27 heavy (non-hydrogen) atoms. The molecule has 2 aromatic carbocycles. The van der Waals surface area contributed by atoms with Gasteiger partial charge < -0.3 is 15.4 Å². The third-order valence-corrected chi connectivity index (χ3v) is 3.71. The molecule has 0 spiro atoms. The van der Waals surface area contributed by atoms with Gasteiger partial charge in [0.2, 0.25) is 0 Å². The molecule has 0 aliphatic heterocycles. The van der Waals surface area contributed by atoms with Gasteiger partial charge in [0, 0.05) is 17.4 Å². The Hall–Kier alpha value is -3.41. The maximum atomic E-state index is 12.4. The van der Waals surface area contributed by atoms with E-state index in [1.807, 2.05) is 69.3 Å². The average molecular weight is 362 g/mol. The Morgan fingerprint density at radius 3 is 2.30 bits per heavy atom. The Morgan fingerprint density at radius 2 is 1.63 bits per heavy atom. The monoisotopic (exact) mass is 362 g/mol. The highest BCUT2D eigenvalue weighted by atomic mass is 16.5. The van der Waals surface area contributed by atoms with Crippen LogP contribution in [0.3, 0.4) is 0 Å². The van der Waals surface area contributed by atoms with Crippen molar-refractivity contribution in [1.82, 2.24) is 9.97 Å². The smallest absolute Gasteiger partial charge is 0.274 e. The van der Waals surface area contributed by atoms with Crippen LogP contribution in [0, 0.1) is 6.92 Å². The van der Waals surface area contributed by atoms with Crippen molar-refractivity contribution in [1.29, 1.82) is 0 Å². The third-order valence-electron chi connectivity index (χ3n) is 3.71. The van der Waals surface area contributed by atoms with E-state index in [1.54, 1.807) is 6.07 Å². The summed E-state index contributed by atoms with van der Waals surface area (Å²) >= 11 is 0. The number of carbonyl (C=O) groups excluding carboxylic acids is 1. The van der Waals surface area contributed by atoms with Crippen molar-refractivity contribution in [3.05, 3.63) is 72.2 Å². The second kappa shape index (κ2) is 8.31. The highest BCUT2D eigenvalue weighted by molar-refractivity contribution is 6.03. The molecule has 0 bridgehead atoms. The topological polar surface area (TPSA) is 76.1 Å². The predicted octanol–water partition coefficient (Wildman–Crippen LogP) is 4.57. The maximum absolute atomic E-state index is 12.4. The summed E-state index contributed by atoms with van der Waals surface area (Å²) in [5, 5.41) is 5.99. The number of ether oxygens (including phenoxy) is 1. The standard InChI is InChI=1S/C21H22N4O2/c1-14(2)27-18-10-8-16(9-11-18)24-20-12-19(22-13-23-20)21(26)25-17-6-4-15(3)5-7-17/h4-14H,1-3H3,(H,25,26)(H,22,23,24). The first kappa shape index (κ1) is 18.4. The molecule has 3 aromatic rings. The van der Waals surface area contributed by atoms with Crippen LogP contribution in [0.2, 0.25) is 0 Å². The summed E-state index contributed by atoms with van der Waals surface area (Å²) in [5.41, 5.74) is 2.98. The van der Waals surface area contributed by atoms with Gasteiger partial charge in [-0.1, -0.05) is 17.7 Å². The fourth-order valence-corrected chi connectivity index (χ4v) is 2.42. The van der Waals surface area contributed by atoms with Crippen molar-refractivity contribution in [2.24, 2.45) is 0 Å². The predicted molar refractivity (Wildman–Crippen MR) is 107 cm³/mol. The lowest BCUT2D eigenvalue weighted by molar-refractivity contribution is 0.102. The van der Waals surface area contributed by atoms with Crippen molar-refractivity contribution in [2.75, 3.05) is 10.6 Å². The summed E-state index contributed by atoms with van der Waals surface area (Å²) in [7, 11) is 0. The fourth-order valence-electron chi connectivity index (χ4n) is 2.42. The van der Waals surface area contributed by atoms with Gasteiger partial charge in [-0.25, -0.2) is 9.97 Å². The third kappa shape index (κ3) is 5.28. The normalized spacial score (nSPS) is 10.5. The highest BCUT2D eigenvalue weighted by Crippen LogP contribution is 2.20. The molecular formula is C21H22N4O2. The first-order chi connectivity index (χ1) is 13.0. The number of benzene rings is 2. The van der Waals surface area contributed by atoms with Crippen LogP contribution < -0.4 is 15.4 Å². The molecule has 0 saturated carbocycles. The molecule has 0 aliphatic carbocycles. The number of nitrogens with one attached hydrogen (secondary N) is 2. The van der Waals surface area contributed by atoms with Gasteiger partial charge in [0.1, 0.15) is 23.6 Å². The summed E-state index contributed by atoms with van der Waals surface area (Å²) < 4.78 is 5.63. The Morgan fingerprint density at radius 1 is 0.963 bits per heavy atom. The van der Waals surface area contributed by atoms with Crippen LogP contribution in [-0.4, -0.2) is 22.0 Å². The lowest BCUT2D eigenvalue weighted by Gasteiger charge is -2.11. The van der Waals surface area contributed by atoms with Crippen molar-refractivity contribution in [2.45, 2.75) is 26.9 Å². The molecule has 0 unspecified atom stereocenters. The first-order valence-corrected chi connectivity index (χ1v) is 8.73. The van der Waals surface area contributed by atoms with Crippen LogP contribution in [0.4, 0.5) is 17.2 Å². The average Bonchev–Trinajstić information content (AvgIpc) is 2.65. The molecule has 0 saturated heterocycles. The van der Waals surface area contributed by atoms with E-state index in [2.05, 4.69) is 20.6 Å². The van der Waals surface area contributed by atoms with E-state index >= 15 is 0 Å². The second-order valence-electron chi connectivity index (χ2n) is 6.42. The molecule has 2 N–H and O–H groups in total. The molecule has 0 aliphatic rings. The minimum absolute atomic E-state index is 0.125. The van der Waals surface area contributed by atoms with Crippen LogP contribution in [0.5, 0.6) is 5.75 Å². The van der Waals surface area contributed by atoms with Crippen LogP contribution >= 0.6 is 0 Å². The minimum Gasteiger partial charge on any atom is -0.491 e. The molecule has 138 valence electrons. The van der Waals surface area contributed by atoms with Crippen LogP contribution in [0.25, 0.3) is 0 Å². The molecule has 0 atom stereocenters. The summed E-state index contributed by atoms with van der Waals surface area (Å²) in [6.45, 7) is 5.96. The Bertz CT molecular complexity index is 906. The second-order valence-corrected chi connectivity index (χ2v) is 6.42. The quantitative estimate of drug-likeness (QED) is 0.672. The summed E-state index contributed by atoms with van der Waals surface area (Å²) in [6.07, 6.45) is 1.49. The molecule has 6 nitrogen and oxygen atoms in total. The number of hydrogen-bond acceptors (Lipinski definition) is 5. The summed E-state index contributed by atoms with van der Waals surface area (Å²) in [5.74, 6) is 1.05. The molecule has 0 radical (unpaired) electrons. The Labute approximate surface area is 158 Å². The summed E-state index contributed by atoms with van der Waals surface area (Å²) in [4.78, 5) is 20.6. The van der Waals surface area contributed by atoms with Crippen molar-refractivity contribution < 1.29 is 9.53 Å². The number of carbonyl (C=O) groups is 1. The van der Waals surface area contributed by atoms with Gasteiger partial charge >= 0.3 is 0 Å². The Kier molecular flexibility index (Phi) is 5.66. The molecule has 1 heterocycles. The zero-order valence-corrected chi connectivity index (χ0v) is 15.6. The van der Waals surface area contributed by atoms with E-state index in [-0.39, 0.29) is 17.7 Å². The number of aryl methyl sites for hydroxylation is 1. The van der Waals surface area contributed by atoms with Gasteiger partial charge in [-0.15, -0.1) is 0 Å². The van der Waals surface area contributed by atoms with Gasteiger partial charge in [-0.05, 0) is 57.2 Å². The lowest BCUT2D eigenvalue weighted by atomic mass is 10.2. The summed E-state index contributed by atoms with van der Waals surface area (Å²) in [6, 6.07) is 16.8. The zero-order valence-electron chi connectivity index (χ0n) is 15.6. The fraction of sp³-hybridized carbons (Fsp3) is 0.190. The Balaban J connectivity index is 1.67. The van der Waals surface area contributed by atoms with E-state index in [9.17, 15) is 4.79 Å². The van der Waals surface area contributed by atoms with Crippen LogP contribution in [0.1, 0.15) is 29.9 Å². The van der Waals surface area contributed by atoms with Gasteiger partial charge in [0.25, 0.3) is 5.91 Å². The van der Waals surface area contributed by atoms with E-state index in [0.29, 0.717) is 5.82 Å². The van der Waals surface area contributed by atoms with Gasteiger partial charge in [-0.3, -0.25) is 4.79 Å². The molecule has 1 aromatic heterocycles. The van der Waals surface area contributed by atoms with Crippen molar-refractivity contribution in [3.63, 3.8) is 0 Å². The van der Waals surface area contributed by atoms with Crippen LogP contribution in [0.15, 0.2) is 60.9 Å². The van der Waals surface area contributed by atoms with E-state index in [4.69, 9.17) is 4.74 Å². The van der Waals surface area contributed by atoms with E-state index < -0.39 is 0 Å². The number of nitrogens with zero attached hydrogens (tertiary/aromatic N) is 2. The van der Waals surface area contributed by atoms with Gasteiger partial charge in [0.05, 0.1) is 6.10 Å². The SMILES string of the molecule is Cc1ccc(NC(=O)c2cc(Nc3ccc(OC(C)C)cc3)ncn2)cc1. The minimum atomic E-state index is -0.287. The number of amides is 1. The number of anilines is 3. The zero-order chi connectivity index (χ0) is 19.2. The number of rotatable bonds is 6. The molecule has 1 amide bonds. The maximum Gasteiger partial charge on any atom is 0.274 e. The molecular weight excluding hydrogens is 340 g/mol. The molecule has 0 fully saturated rings. The number of aromatic nitrogens is 2. The lowest BCUT2D eigenvalue weighted by Crippen LogP contribution is -2.14. The largest absolute Gasteiger partial charge is 0.491 e. The number of hydrogen-bond donors (Lipinski definition) is 2. The van der Waals surface area contributed by atoms with E-state index in [0.717, 1.165) is 22.7 Å². The van der Waals surface area contributed by atoms with Gasteiger partial charge in [0.15, 0.2) is 0 Å². The molecule has 3 rings (SSSR count). The highest BCUT2D eigenvalue weighted by Gasteiger charge is 2.09. The van der Waals surface area contributed by atoms with Gasteiger partial charge in [-0.2, -0.15) is 0 Å². The molecule has 6 heteroatoms. The van der Waals surface area contributed by atoms with Crippen molar-refractivity contribution >= 4 is 23.1 Å². The first-order valence-electron chi connectivity index (χ1n) is 8.73. The van der Waals surface area contributed by atoms with Crippen LogP contribution in [-0.2, 0) is 0 Å².